The smallest absolute Gasteiger partial charge is 0.306 e. The first-order valence-electron chi connectivity index (χ1n) is 14.7. The van der Waals surface area contributed by atoms with Crippen molar-refractivity contribution in [2.45, 2.75) is 84.1 Å². The molecule has 210 valence electrons. The van der Waals surface area contributed by atoms with Crippen LogP contribution in [-0.2, 0) is 24.2 Å². The Morgan fingerprint density at radius 3 is 2.45 bits per heavy atom. The zero-order valence-corrected chi connectivity index (χ0v) is 23.3. The second kappa shape index (κ2) is 13.5. The van der Waals surface area contributed by atoms with E-state index in [4.69, 9.17) is 10.1 Å². The van der Waals surface area contributed by atoms with Gasteiger partial charge < -0.3 is 5.11 Å². The van der Waals surface area contributed by atoms with Gasteiger partial charge in [0.05, 0.1) is 12.5 Å². The van der Waals surface area contributed by atoms with Crippen molar-refractivity contribution in [2.75, 3.05) is 0 Å². The van der Waals surface area contributed by atoms with E-state index in [0.717, 1.165) is 79.7 Å². The fraction of sp³-hybridized carbons (Fsp3) is 0.484. The lowest BCUT2D eigenvalue weighted by Gasteiger charge is -2.25. The maximum Gasteiger partial charge on any atom is 0.306 e. The Morgan fingerprint density at radius 1 is 0.975 bits per heavy atom. The first-order valence-corrected chi connectivity index (χ1v) is 14.7. The Kier molecular flexibility index (Phi) is 9.31. The first-order chi connectivity index (χ1) is 19.6. The number of tetrazole rings is 1. The molecule has 4 aromatic rings. The SMILES string of the molecule is CCCCCCc1nc(CCC2CCC(C(=O)O)CC2)n(Cc2ccc(-c3ccccc3-c3nn[nH]n3)cc2)n1. The molecule has 2 aromatic heterocycles. The van der Waals surface area contributed by atoms with Crippen LogP contribution >= 0.6 is 0 Å². The van der Waals surface area contributed by atoms with Crippen LogP contribution in [0.1, 0.15) is 81.9 Å². The molecule has 0 radical (unpaired) electrons. The lowest BCUT2D eigenvalue weighted by molar-refractivity contribution is -0.143. The number of carboxylic acids is 1. The number of hydrogen-bond acceptors (Lipinski definition) is 6. The van der Waals surface area contributed by atoms with E-state index in [9.17, 15) is 9.90 Å². The maximum absolute atomic E-state index is 11.3. The zero-order valence-electron chi connectivity index (χ0n) is 23.3. The van der Waals surface area contributed by atoms with Crippen molar-refractivity contribution in [3.63, 3.8) is 0 Å². The van der Waals surface area contributed by atoms with Crippen molar-refractivity contribution < 1.29 is 9.90 Å². The van der Waals surface area contributed by atoms with Crippen LogP contribution in [0.25, 0.3) is 22.5 Å². The van der Waals surface area contributed by atoms with Crippen molar-refractivity contribution in [1.82, 2.24) is 35.4 Å². The number of aryl methyl sites for hydroxylation is 2. The normalized spacial score (nSPS) is 17.2. The highest BCUT2D eigenvalue weighted by Crippen LogP contribution is 2.32. The van der Waals surface area contributed by atoms with Gasteiger partial charge in [0.25, 0.3) is 0 Å². The summed E-state index contributed by atoms with van der Waals surface area (Å²) in [6.07, 6.45) is 11.2. The van der Waals surface area contributed by atoms with Crippen molar-refractivity contribution in [3.05, 3.63) is 65.7 Å². The summed E-state index contributed by atoms with van der Waals surface area (Å²) in [7, 11) is 0. The van der Waals surface area contributed by atoms with Gasteiger partial charge in [-0.2, -0.15) is 10.3 Å². The molecule has 0 saturated heterocycles. The van der Waals surface area contributed by atoms with Crippen LogP contribution in [0.4, 0.5) is 0 Å². The number of aromatic amines is 1. The summed E-state index contributed by atoms with van der Waals surface area (Å²) in [5, 5.41) is 28.8. The largest absolute Gasteiger partial charge is 0.481 e. The maximum atomic E-state index is 11.3. The average molecular weight is 542 g/mol. The second-order valence-corrected chi connectivity index (χ2v) is 11.0. The van der Waals surface area contributed by atoms with E-state index in [0.29, 0.717) is 18.3 Å². The summed E-state index contributed by atoms with van der Waals surface area (Å²) in [5.74, 6) is 2.30. The minimum Gasteiger partial charge on any atom is -0.481 e. The van der Waals surface area contributed by atoms with Gasteiger partial charge in [-0.05, 0) is 66.3 Å². The number of H-pyrrole nitrogens is 1. The summed E-state index contributed by atoms with van der Waals surface area (Å²) in [6, 6.07) is 16.7. The van der Waals surface area contributed by atoms with Gasteiger partial charge in [-0.25, -0.2) is 9.67 Å². The van der Waals surface area contributed by atoms with Gasteiger partial charge in [-0.1, -0.05) is 74.7 Å². The molecule has 2 aromatic carbocycles. The van der Waals surface area contributed by atoms with E-state index in [-0.39, 0.29) is 5.92 Å². The van der Waals surface area contributed by atoms with Crippen LogP contribution in [0.3, 0.4) is 0 Å². The Morgan fingerprint density at radius 2 is 1.75 bits per heavy atom. The molecule has 1 aliphatic rings. The number of nitrogens with one attached hydrogen (secondary N) is 1. The van der Waals surface area contributed by atoms with Gasteiger partial charge in [-0.3, -0.25) is 4.79 Å². The highest BCUT2D eigenvalue weighted by molar-refractivity contribution is 5.80. The Bertz CT molecular complexity index is 1360. The van der Waals surface area contributed by atoms with E-state index in [1.54, 1.807) is 0 Å². The summed E-state index contributed by atoms with van der Waals surface area (Å²) in [6.45, 7) is 2.90. The van der Waals surface area contributed by atoms with Gasteiger partial charge in [0.15, 0.2) is 5.82 Å². The Labute approximate surface area is 235 Å². The molecule has 0 bridgehead atoms. The Balaban J connectivity index is 1.28. The molecule has 5 rings (SSSR count). The number of aromatic nitrogens is 7. The minimum atomic E-state index is -0.643. The van der Waals surface area contributed by atoms with Crippen molar-refractivity contribution >= 4 is 5.97 Å². The fourth-order valence-corrected chi connectivity index (χ4v) is 5.75. The van der Waals surface area contributed by atoms with E-state index in [1.807, 2.05) is 18.2 Å². The van der Waals surface area contributed by atoms with Crippen molar-refractivity contribution in [1.29, 1.82) is 0 Å². The van der Waals surface area contributed by atoms with Crippen LogP contribution < -0.4 is 0 Å². The predicted octanol–water partition coefficient (Wildman–Crippen LogP) is 6.12. The molecule has 1 saturated carbocycles. The van der Waals surface area contributed by atoms with E-state index in [1.165, 1.54) is 24.8 Å². The monoisotopic (exact) mass is 541 g/mol. The summed E-state index contributed by atoms with van der Waals surface area (Å²) >= 11 is 0. The lowest BCUT2D eigenvalue weighted by atomic mass is 9.80. The van der Waals surface area contributed by atoms with Crippen molar-refractivity contribution in [2.24, 2.45) is 11.8 Å². The van der Waals surface area contributed by atoms with Crippen LogP contribution in [0.5, 0.6) is 0 Å². The average Bonchev–Trinajstić information content (AvgIpc) is 3.65. The molecular formula is C31H39N7O2. The van der Waals surface area contributed by atoms with Crippen LogP contribution in [0.15, 0.2) is 48.5 Å². The topological polar surface area (TPSA) is 122 Å². The predicted molar refractivity (Wildman–Crippen MR) is 153 cm³/mol. The molecule has 9 nitrogen and oxygen atoms in total. The van der Waals surface area contributed by atoms with E-state index in [2.05, 4.69) is 62.6 Å². The molecule has 0 amide bonds. The number of carboxylic acid groups (broad SMARTS) is 1. The quantitative estimate of drug-likeness (QED) is 0.196. The highest BCUT2D eigenvalue weighted by Gasteiger charge is 2.26. The Hall–Kier alpha value is -3.88. The lowest BCUT2D eigenvalue weighted by Crippen LogP contribution is -2.22. The molecule has 1 fully saturated rings. The second-order valence-electron chi connectivity index (χ2n) is 11.0. The van der Waals surface area contributed by atoms with Gasteiger partial charge in [0.2, 0.25) is 5.82 Å². The van der Waals surface area contributed by atoms with Crippen molar-refractivity contribution in [3.8, 4) is 22.5 Å². The number of benzene rings is 2. The highest BCUT2D eigenvalue weighted by atomic mass is 16.4. The zero-order chi connectivity index (χ0) is 27.7. The number of aliphatic carboxylic acids is 1. The molecule has 40 heavy (non-hydrogen) atoms. The van der Waals surface area contributed by atoms with Gasteiger partial charge in [0, 0.05) is 18.4 Å². The number of unbranched alkanes of at least 4 members (excludes halogenated alkanes) is 3. The fourth-order valence-electron chi connectivity index (χ4n) is 5.75. The molecule has 0 atom stereocenters. The molecule has 1 aliphatic carbocycles. The third-order valence-corrected chi connectivity index (χ3v) is 8.13. The van der Waals surface area contributed by atoms with Gasteiger partial charge in [-0.15, -0.1) is 10.2 Å². The number of hydrogen-bond donors (Lipinski definition) is 2. The third-order valence-electron chi connectivity index (χ3n) is 8.13. The molecule has 2 heterocycles. The molecular weight excluding hydrogens is 502 g/mol. The number of nitrogens with zero attached hydrogens (tertiary/aromatic N) is 6. The molecule has 2 N–H and O–H groups in total. The summed E-state index contributed by atoms with van der Waals surface area (Å²) < 4.78 is 2.08. The van der Waals surface area contributed by atoms with E-state index < -0.39 is 5.97 Å². The number of carbonyl (C=O) groups is 1. The molecule has 0 aliphatic heterocycles. The van der Waals surface area contributed by atoms with E-state index >= 15 is 0 Å². The van der Waals surface area contributed by atoms with Crippen LogP contribution in [0.2, 0.25) is 0 Å². The molecule has 0 spiro atoms. The minimum absolute atomic E-state index is 0.170. The molecule has 9 heteroatoms. The standard InChI is InChI=1S/C31H39N7O2/c1-2-3-4-5-10-28-32-29(20-15-22-11-18-25(19-12-22)31(39)40)38(35-28)21-23-13-16-24(17-14-23)26-8-6-7-9-27(26)30-33-36-37-34-30/h6-9,13-14,16-17,22,25H,2-5,10-12,15,18-21H2,1H3,(H,39,40)(H,33,34,36,37). The molecule has 0 unspecified atom stereocenters. The van der Waals surface area contributed by atoms with Crippen LogP contribution in [-0.4, -0.2) is 46.5 Å². The number of rotatable bonds is 13. The van der Waals surface area contributed by atoms with Gasteiger partial charge in [0.1, 0.15) is 5.82 Å². The first kappa shape index (κ1) is 27.7. The van der Waals surface area contributed by atoms with Gasteiger partial charge >= 0.3 is 5.97 Å². The van der Waals surface area contributed by atoms with Crippen LogP contribution in [0, 0.1) is 11.8 Å². The summed E-state index contributed by atoms with van der Waals surface area (Å²) in [4.78, 5) is 16.3. The summed E-state index contributed by atoms with van der Waals surface area (Å²) in [5.41, 5.74) is 4.26. The third kappa shape index (κ3) is 7.00.